The average Bonchev–Trinajstić information content (AvgIpc) is 3.16. The van der Waals surface area contributed by atoms with E-state index in [0.717, 1.165) is 11.3 Å². The molecule has 2 N–H and O–H groups in total. The summed E-state index contributed by atoms with van der Waals surface area (Å²) in [6, 6.07) is 15.8. The molecule has 0 saturated carbocycles. The van der Waals surface area contributed by atoms with Crippen molar-refractivity contribution in [2.45, 2.75) is 20.1 Å². The number of nitriles is 1. The largest absolute Gasteiger partial charge is 0.493 e. The molecule has 0 aliphatic carbocycles. The van der Waals surface area contributed by atoms with Crippen LogP contribution in [0.2, 0.25) is 0 Å². The van der Waals surface area contributed by atoms with Gasteiger partial charge in [0.05, 0.1) is 12.8 Å². The van der Waals surface area contributed by atoms with Gasteiger partial charge in [-0.1, -0.05) is 17.7 Å². The first kappa shape index (κ1) is 18.4. The molecule has 0 fully saturated rings. The summed E-state index contributed by atoms with van der Waals surface area (Å²) in [5.74, 6) is 1.83. The molecule has 0 saturated heterocycles. The van der Waals surface area contributed by atoms with Crippen molar-refractivity contribution in [2.24, 2.45) is 0 Å². The lowest BCUT2D eigenvalue weighted by Crippen LogP contribution is -2.82. The molecule has 2 aromatic carbocycles. The van der Waals surface area contributed by atoms with E-state index in [1.165, 1.54) is 5.56 Å². The molecule has 0 unspecified atom stereocenters. The van der Waals surface area contributed by atoms with E-state index in [1.807, 2.05) is 54.7 Å². The summed E-state index contributed by atoms with van der Waals surface area (Å²) < 4.78 is 13.0. The van der Waals surface area contributed by atoms with Crippen molar-refractivity contribution in [1.29, 1.82) is 5.26 Å². The minimum atomic E-state index is 0.205. The second-order valence-corrected chi connectivity index (χ2v) is 5.97. The van der Waals surface area contributed by atoms with Gasteiger partial charge in [-0.25, -0.2) is 0 Å². The summed E-state index contributed by atoms with van der Waals surface area (Å²) in [6.07, 6.45) is 0. The SMILES string of the molecule is COc1cc(C[NH2+]CC#N)ccc1OCc1nnnn1-c1ccc(C)cc1. The van der Waals surface area contributed by atoms with E-state index in [0.29, 0.717) is 30.4 Å². The smallest absolute Gasteiger partial charge is 0.194 e. The van der Waals surface area contributed by atoms with E-state index < -0.39 is 0 Å². The van der Waals surface area contributed by atoms with E-state index in [4.69, 9.17) is 14.7 Å². The van der Waals surface area contributed by atoms with E-state index in [-0.39, 0.29) is 6.61 Å². The molecule has 8 heteroatoms. The molecule has 0 amide bonds. The fourth-order valence-corrected chi connectivity index (χ4v) is 2.59. The summed E-state index contributed by atoms with van der Waals surface area (Å²) in [6.45, 7) is 3.36. The normalized spacial score (nSPS) is 10.4. The van der Waals surface area contributed by atoms with Gasteiger partial charge in [-0.2, -0.15) is 9.94 Å². The second kappa shape index (κ2) is 8.78. The molecule has 0 bridgehead atoms. The van der Waals surface area contributed by atoms with Crippen molar-refractivity contribution in [2.75, 3.05) is 13.7 Å². The standard InChI is InChI=1S/C19H20N6O2/c1-14-3-6-16(7-4-14)25-19(22-23-24-25)13-27-17-8-5-15(11-18(17)26-2)12-21-10-9-20/h3-8,11,21H,10,12-13H2,1-2H3/p+1. The molecule has 0 aliphatic rings. The van der Waals surface area contributed by atoms with Gasteiger partial charge in [0.15, 0.2) is 30.5 Å². The quantitative estimate of drug-likeness (QED) is 0.474. The highest BCUT2D eigenvalue weighted by Crippen LogP contribution is 2.28. The monoisotopic (exact) mass is 365 g/mol. The average molecular weight is 365 g/mol. The third kappa shape index (κ3) is 4.59. The first-order valence-corrected chi connectivity index (χ1v) is 8.54. The van der Waals surface area contributed by atoms with Crippen LogP contribution in [-0.4, -0.2) is 33.9 Å². The molecule has 1 aromatic heterocycles. The number of benzene rings is 2. The Kier molecular flexibility index (Phi) is 5.97. The second-order valence-electron chi connectivity index (χ2n) is 5.97. The van der Waals surface area contributed by atoms with Crippen LogP contribution >= 0.6 is 0 Å². The van der Waals surface area contributed by atoms with Crippen LogP contribution in [0.4, 0.5) is 0 Å². The highest BCUT2D eigenvalue weighted by molar-refractivity contribution is 5.43. The van der Waals surface area contributed by atoms with Gasteiger partial charge in [-0.05, 0) is 47.7 Å². The Hall–Kier alpha value is -3.44. The number of ether oxygens (including phenoxy) is 2. The third-order valence-corrected chi connectivity index (χ3v) is 4.01. The maximum Gasteiger partial charge on any atom is 0.194 e. The fraction of sp³-hybridized carbons (Fsp3) is 0.263. The first-order valence-electron chi connectivity index (χ1n) is 8.54. The van der Waals surface area contributed by atoms with Crippen molar-refractivity contribution in [3.05, 3.63) is 59.4 Å². The molecule has 0 radical (unpaired) electrons. The van der Waals surface area contributed by atoms with E-state index in [2.05, 4.69) is 21.6 Å². The molecule has 138 valence electrons. The predicted molar refractivity (Wildman–Crippen MR) is 97.3 cm³/mol. The first-order chi connectivity index (χ1) is 13.2. The summed E-state index contributed by atoms with van der Waals surface area (Å²) in [7, 11) is 1.60. The molecule has 3 aromatic rings. The molecule has 8 nitrogen and oxygen atoms in total. The molecular weight excluding hydrogens is 344 g/mol. The summed E-state index contributed by atoms with van der Waals surface area (Å²) >= 11 is 0. The van der Waals surface area contributed by atoms with Gasteiger partial charge >= 0.3 is 0 Å². The number of nitrogens with zero attached hydrogens (tertiary/aromatic N) is 5. The van der Waals surface area contributed by atoms with Crippen LogP contribution < -0.4 is 14.8 Å². The van der Waals surface area contributed by atoms with Gasteiger partial charge < -0.3 is 14.8 Å². The predicted octanol–water partition coefficient (Wildman–Crippen LogP) is 1.15. The minimum absolute atomic E-state index is 0.205. The highest BCUT2D eigenvalue weighted by atomic mass is 16.5. The highest BCUT2D eigenvalue weighted by Gasteiger charge is 2.12. The van der Waals surface area contributed by atoms with Gasteiger partial charge in [0.1, 0.15) is 12.6 Å². The number of hydrogen-bond donors (Lipinski definition) is 1. The lowest BCUT2D eigenvalue weighted by atomic mass is 10.2. The molecular formula is C19H21N6O2+. The Morgan fingerprint density at radius 2 is 1.96 bits per heavy atom. The minimum Gasteiger partial charge on any atom is -0.493 e. The zero-order chi connectivity index (χ0) is 19.1. The van der Waals surface area contributed by atoms with Crippen LogP contribution in [0, 0.1) is 18.3 Å². The third-order valence-electron chi connectivity index (χ3n) is 4.01. The van der Waals surface area contributed by atoms with Crippen LogP contribution in [0.25, 0.3) is 5.69 Å². The number of methoxy groups -OCH3 is 1. The van der Waals surface area contributed by atoms with Crippen molar-refractivity contribution in [3.8, 4) is 23.3 Å². The number of aryl methyl sites for hydroxylation is 1. The Balaban J connectivity index is 1.71. The van der Waals surface area contributed by atoms with Crippen LogP contribution in [0.3, 0.4) is 0 Å². The lowest BCUT2D eigenvalue weighted by molar-refractivity contribution is -0.660. The molecule has 27 heavy (non-hydrogen) atoms. The van der Waals surface area contributed by atoms with Crippen molar-refractivity contribution < 1.29 is 14.8 Å². The summed E-state index contributed by atoms with van der Waals surface area (Å²) in [5.41, 5.74) is 3.10. The van der Waals surface area contributed by atoms with Crippen LogP contribution in [0.1, 0.15) is 17.0 Å². The molecule has 3 rings (SSSR count). The van der Waals surface area contributed by atoms with Crippen LogP contribution in [0.15, 0.2) is 42.5 Å². The summed E-state index contributed by atoms with van der Waals surface area (Å²) in [5, 5.41) is 22.4. The van der Waals surface area contributed by atoms with Crippen LogP contribution in [-0.2, 0) is 13.2 Å². The number of hydrogen-bond acceptors (Lipinski definition) is 6. The Morgan fingerprint density at radius 1 is 1.15 bits per heavy atom. The maximum absolute atomic E-state index is 8.62. The van der Waals surface area contributed by atoms with Crippen molar-refractivity contribution in [1.82, 2.24) is 20.2 Å². The van der Waals surface area contributed by atoms with E-state index >= 15 is 0 Å². The van der Waals surface area contributed by atoms with Gasteiger partial charge in [0.2, 0.25) is 0 Å². The van der Waals surface area contributed by atoms with E-state index in [9.17, 15) is 0 Å². The van der Waals surface area contributed by atoms with Gasteiger partial charge in [0, 0.05) is 5.56 Å². The Bertz CT molecular complexity index is 930. The van der Waals surface area contributed by atoms with Gasteiger partial charge in [-0.3, -0.25) is 0 Å². The summed E-state index contributed by atoms with van der Waals surface area (Å²) in [4.78, 5) is 0. The Morgan fingerprint density at radius 3 is 2.70 bits per heavy atom. The number of rotatable bonds is 8. The number of nitrogens with two attached hydrogens (primary N) is 1. The van der Waals surface area contributed by atoms with Gasteiger partial charge in [0.25, 0.3) is 0 Å². The topological polar surface area (TPSA) is 102 Å². The van der Waals surface area contributed by atoms with E-state index in [1.54, 1.807) is 11.8 Å². The lowest BCUT2D eigenvalue weighted by Gasteiger charge is -2.12. The number of aromatic nitrogens is 4. The van der Waals surface area contributed by atoms with Crippen molar-refractivity contribution >= 4 is 0 Å². The van der Waals surface area contributed by atoms with Gasteiger partial charge in [-0.15, -0.1) is 5.10 Å². The number of tetrazole rings is 1. The molecule has 0 aliphatic heterocycles. The van der Waals surface area contributed by atoms with Crippen molar-refractivity contribution in [3.63, 3.8) is 0 Å². The maximum atomic E-state index is 8.62. The zero-order valence-corrected chi connectivity index (χ0v) is 15.3. The fourth-order valence-electron chi connectivity index (χ4n) is 2.59. The molecule has 1 heterocycles. The molecule has 0 atom stereocenters. The Labute approximate surface area is 157 Å². The zero-order valence-electron chi connectivity index (χ0n) is 15.3. The number of quaternary nitrogens is 1. The van der Waals surface area contributed by atoms with Crippen LogP contribution in [0.5, 0.6) is 11.5 Å². The molecule has 0 spiro atoms.